The van der Waals surface area contributed by atoms with Gasteiger partial charge in [0.05, 0.1) is 0 Å². The van der Waals surface area contributed by atoms with Crippen molar-refractivity contribution >= 4 is 17.4 Å². The minimum Gasteiger partial charge on any atom is -0.366 e. The van der Waals surface area contributed by atoms with Gasteiger partial charge in [-0.05, 0) is 30.5 Å². The highest BCUT2D eigenvalue weighted by atomic mass is 19.1. The third kappa shape index (κ3) is 4.71. The number of carbonyl (C=O) groups is 1. The van der Waals surface area contributed by atoms with E-state index in [1.807, 2.05) is 24.3 Å². The van der Waals surface area contributed by atoms with E-state index in [1.54, 1.807) is 31.2 Å². The van der Waals surface area contributed by atoms with Crippen LogP contribution in [0, 0.1) is 12.7 Å². The molecule has 2 N–H and O–H groups in total. The molecule has 0 aliphatic rings. The first kappa shape index (κ1) is 19.5. The first-order valence-electron chi connectivity index (χ1n) is 9.17. The molecule has 0 unspecified atom stereocenters. The minimum atomic E-state index is -0.312. The minimum absolute atomic E-state index is 0.252. The van der Waals surface area contributed by atoms with Gasteiger partial charge in [-0.3, -0.25) is 4.79 Å². The van der Waals surface area contributed by atoms with E-state index in [4.69, 9.17) is 0 Å². The van der Waals surface area contributed by atoms with Crippen LogP contribution in [0.5, 0.6) is 0 Å². The molecule has 28 heavy (non-hydrogen) atoms. The van der Waals surface area contributed by atoms with Crippen molar-refractivity contribution in [2.75, 3.05) is 10.6 Å². The van der Waals surface area contributed by atoms with Gasteiger partial charge >= 0.3 is 0 Å². The Labute approximate surface area is 164 Å². The zero-order chi connectivity index (χ0) is 20.1. The quantitative estimate of drug-likeness (QED) is 0.639. The number of benzene rings is 2. The van der Waals surface area contributed by atoms with Gasteiger partial charge in [0.15, 0.2) is 0 Å². The third-order valence-electron chi connectivity index (χ3n) is 4.32. The molecular weight excluding hydrogens is 355 g/mol. The molecular formula is C22H23FN4O. The van der Waals surface area contributed by atoms with Crippen LogP contribution in [0.3, 0.4) is 0 Å². The number of nitrogens with zero attached hydrogens (tertiary/aromatic N) is 2. The van der Waals surface area contributed by atoms with Crippen LogP contribution in [0.4, 0.5) is 15.9 Å². The molecule has 1 aromatic heterocycles. The summed E-state index contributed by atoms with van der Waals surface area (Å²) in [7, 11) is 0. The number of rotatable bonds is 6. The summed E-state index contributed by atoms with van der Waals surface area (Å²) in [4.78, 5) is 21.3. The molecule has 3 aromatic rings. The summed E-state index contributed by atoms with van der Waals surface area (Å²) in [6, 6.07) is 15.8. The van der Waals surface area contributed by atoms with E-state index < -0.39 is 0 Å². The van der Waals surface area contributed by atoms with Gasteiger partial charge in [0.1, 0.15) is 23.2 Å². The molecule has 0 radical (unpaired) electrons. The monoisotopic (exact) mass is 378 g/mol. The summed E-state index contributed by atoms with van der Waals surface area (Å²) in [5.41, 5.74) is 2.59. The average Bonchev–Trinajstić information content (AvgIpc) is 2.67. The lowest BCUT2D eigenvalue weighted by atomic mass is 10.0. The Morgan fingerprint density at radius 2 is 1.79 bits per heavy atom. The van der Waals surface area contributed by atoms with Crippen LogP contribution < -0.4 is 10.6 Å². The third-order valence-corrected chi connectivity index (χ3v) is 4.32. The summed E-state index contributed by atoms with van der Waals surface area (Å²) >= 11 is 0. The summed E-state index contributed by atoms with van der Waals surface area (Å²) < 4.78 is 13.8. The zero-order valence-corrected chi connectivity index (χ0v) is 16.2. The van der Waals surface area contributed by atoms with Crippen molar-refractivity contribution in [2.24, 2.45) is 0 Å². The van der Waals surface area contributed by atoms with Crippen molar-refractivity contribution in [1.82, 2.24) is 9.97 Å². The van der Waals surface area contributed by atoms with Gasteiger partial charge in [-0.25, -0.2) is 14.4 Å². The lowest BCUT2D eigenvalue weighted by Gasteiger charge is -2.14. The molecule has 1 heterocycles. The van der Waals surface area contributed by atoms with Crippen molar-refractivity contribution in [2.45, 2.75) is 33.2 Å². The Morgan fingerprint density at radius 3 is 2.54 bits per heavy atom. The maximum absolute atomic E-state index is 13.8. The van der Waals surface area contributed by atoms with E-state index in [2.05, 4.69) is 34.4 Å². The van der Waals surface area contributed by atoms with Crippen molar-refractivity contribution in [1.29, 1.82) is 0 Å². The van der Waals surface area contributed by atoms with Gasteiger partial charge in [0, 0.05) is 23.9 Å². The van der Waals surface area contributed by atoms with Crippen molar-refractivity contribution < 1.29 is 9.18 Å². The molecule has 0 saturated carbocycles. The van der Waals surface area contributed by atoms with Gasteiger partial charge in [0.2, 0.25) is 0 Å². The van der Waals surface area contributed by atoms with E-state index in [9.17, 15) is 9.18 Å². The van der Waals surface area contributed by atoms with Gasteiger partial charge in [-0.15, -0.1) is 0 Å². The number of para-hydroxylation sites is 1. The molecule has 3 rings (SSSR count). The summed E-state index contributed by atoms with van der Waals surface area (Å²) in [6.45, 7) is 6.13. The van der Waals surface area contributed by atoms with E-state index >= 15 is 0 Å². The zero-order valence-electron chi connectivity index (χ0n) is 16.2. The first-order valence-corrected chi connectivity index (χ1v) is 9.17. The second kappa shape index (κ2) is 8.61. The van der Waals surface area contributed by atoms with Crippen molar-refractivity contribution in [3.8, 4) is 0 Å². The molecule has 0 saturated heterocycles. The number of halogens is 1. The molecule has 0 aliphatic heterocycles. The predicted octanol–water partition coefficient (Wildman–Crippen LogP) is 4.91. The van der Waals surface area contributed by atoms with Gasteiger partial charge in [0.25, 0.3) is 5.91 Å². The number of hydrogen-bond acceptors (Lipinski definition) is 4. The normalized spacial score (nSPS) is 10.8. The van der Waals surface area contributed by atoms with Crippen LogP contribution in [0.15, 0.2) is 54.6 Å². The van der Waals surface area contributed by atoms with Gasteiger partial charge in [-0.1, -0.05) is 50.2 Å². The van der Waals surface area contributed by atoms with Crippen LogP contribution in [0.25, 0.3) is 0 Å². The average molecular weight is 378 g/mol. The number of aryl methyl sites for hydroxylation is 1. The van der Waals surface area contributed by atoms with Gasteiger partial charge in [-0.2, -0.15) is 0 Å². The van der Waals surface area contributed by atoms with Crippen LogP contribution in [-0.4, -0.2) is 15.9 Å². The lowest BCUT2D eigenvalue weighted by Crippen LogP contribution is -2.17. The maximum Gasteiger partial charge on any atom is 0.274 e. The number of nitrogens with one attached hydrogen (secondary N) is 2. The molecule has 2 aromatic carbocycles. The highest BCUT2D eigenvalue weighted by molar-refractivity contribution is 6.03. The fourth-order valence-electron chi connectivity index (χ4n) is 2.90. The summed E-state index contributed by atoms with van der Waals surface area (Å²) in [5.74, 6) is 0.608. The number of amides is 1. The Bertz CT molecular complexity index is 988. The van der Waals surface area contributed by atoms with Crippen LogP contribution in [-0.2, 0) is 6.54 Å². The first-order chi connectivity index (χ1) is 13.4. The second-order valence-corrected chi connectivity index (χ2v) is 6.83. The van der Waals surface area contributed by atoms with E-state index in [0.29, 0.717) is 17.2 Å². The Hall–Kier alpha value is -3.28. The molecule has 144 valence electrons. The Morgan fingerprint density at radius 1 is 1.07 bits per heavy atom. The van der Waals surface area contributed by atoms with E-state index in [1.165, 1.54) is 6.07 Å². The highest BCUT2D eigenvalue weighted by Crippen LogP contribution is 2.24. The molecule has 0 fully saturated rings. The van der Waals surface area contributed by atoms with Crippen molar-refractivity contribution in [3.05, 3.63) is 83.1 Å². The second-order valence-electron chi connectivity index (χ2n) is 6.83. The maximum atomic E-state index is 13.8. The largest absolute Gasteiger partial charge is 0.366 e. The smallest absolute Gasteiger partial charge is 0.274 e. The molecule has 1 amide bonds. The number of aromatic nitrogens is 2. The number of anilines is 2. The fourth-order valence-corrected chi connectivity index (χ4v) is 2.90. The highest BCUT2D eigenvalue weighted by Gasteiger charge is 2.14. The van der Waals surface area contributed by atoms with Crippen molar-refractivity contribution in [3.63, 3.8) is 0 Å². The van der Waals surface area contributed by atoms with E-state index in [-0.39, 0.29) is 29.9 Å². The molecule has 0 spiro atoms. The molecule has 0 bridgehead atoms. The molecule has 0 atom stereocenters. The SMILES string of the molecule is Cc1nc(NCc2ccccc2F)cc(C(=O)Nc2ccccc2C(C)C)n1. The topological polar surface area (TPSA) is 66.9 Å². The summed E-state index contributed by atoms with van der Waals surface area (Å²) in [6.07, 6.45) is 0. The van der Waals surface area contributed by atoms with E-state index in [0.717, 1.165) is 11.3 Å². The standard InChI is InChI=1S/C22H23FN4O/c1-14(2)17-9-5-7-11-19(17)27-22(28)20-12-21(26-15(3)25-20)24-13-16-8-4-6-10-18(16)23/h4-12,14H,13H2,1-3H3,(H,27,28)(H,24,25,26). The molecule has 6 heteroatoms. The molecule has 0 aliphatic carbocycles. The Kier molecular flexibility index (Phi) is 5.99. The van der Waals surface area contributed by atoms with Crippen LogP contribution >= 0.6 is 0 Å². The van der Waals surface area contributed by atoms with Gasteiger partial charge < -0.3 is 10.6 Å². The number of carbonyl (C=O) groups excluding carboxylic acids is 1. The van der Waals surface area contributed by atoms with Crippen LogP contribution in [0.2, 0.25) is 0 Å². The summed E-state index contributed by atoms with van der Waals surface area (Å²) in [5, 5.41) is 5.99. The predicted molar refractivity (Wildman–Crippen MR) is 109 cm³/mol. The Balaban J connectivity index is 1.77. The lowest BCUT2D eigenvalue weighted by molar-refractivity contribution is 0.102. The number of hydrogen-bond donors (Lipinski definition) is 2. The van der Waals surface area contributed by atoms with Crippen LogP contribution in [0.1, 0.15) is 47.2 Å². The fraction of sp³-hybridized carbons (Fsp3) is 0.227. The molecule has 5 nitrogen and oxygen atoms in total.